The zero-order valence-corrected chi connectivity index (χ0v) is 12.0. The van der Waals surface area contributed by atoms with E-state index in [4.69, 9.17) is 4.74 Å². The van der Waals surface area contributed by atoms with Gasteiger partial charge in [0.05, 0.1) is 12.2 Å². The second kappa shape index (κ2) is 5.90. The maximum atomic E-state index is 12.5. The zero-order valence-electron chi connectivity index (χ0n) is 12.0. The van der Waals surface area contributed by atoms with E-state index in [2.05, 4.69) is 12.2 Å². The van der Waals surface area contributed by atoms with Crippen molar-refractivity contribution in [3.8, 4) is 0 Å². The molecule has 2 amide bonds. The molecule has 0 aromatic carbocycles. The topological polar surface area (TPSA) is 58.6 Å². The number of rotatable bonds is 3. The molecule has 0 radical (unpaired) electrons. The van der Waals surface area contributed by atoms with Crippen LogP contribution in [0.4, 0.5) is 0 Å². The number of ether oxygens (including phenoxy) is 1. The van der Waals surface area contributed by atoms with E-state index in [9.17, 15) is 9.59 Å². The van der Waals surface area contributed by atoms with Gasteiger partial charge in [0.2, 0.25) is 11.8 Å². The van der Waals surface area contributed by atoms with Crippen LogP contribution in [0.5, 0.6) is 0 Å². The predicted octanol–water partition coefficient (Wildman–Crippen LogP) is 1.07. The molecule has 1 N–H and O–H groups in total. The molecule has 5 nitrogen and oxygen atoms in total. The summed E-state index contributed by atoms with van der Waals surface area (Å²) in [6.07, 6.45) is 3.46. The smallest absolute Gasteiger partial charge is 0.245 e. The lowest BCUT2D eigenvalue weighted by Crippen LogP contribution is -2.48. The fourth-order valence-electron chi connectivity index (χ4n) is 2.90. The number of amides is 2. The largest absolute Gasteiger partial charge is 0.373 e. The molecule has 2 saturated heterocycles. The molecule has 4 unspecified atom stereocenters. The van der Waals surface area contributed by atoms with Crippen LogP contribution >= 0.6 is 0 Å². The van der Waals surface area contributed by atoms with Crippen molar-refractivity contribution >= 4 is 11.8 Å². The van der Waals surface area contributed by atoms with Crippen LogP contribution in [0.3, 0.4) is 0 Å². The Hall–Kier alpha value is -1.10. The van der Waals surface area contributed by atoms with Crippen LogP contribution in [0.2, 0.25) is 0 Å². The average molecular weight is 268 g/mol. The third-order valence-electron chi connectivity index (χ3n) is 4.06. The molecule has 0 aromatic rings. The summed E-state index contributed by atoms with van der Waals surface area (Å²) in [5.41, 5.74) is 0. The van der Waals surface area contributed by atoms with Gasteiger partial charge in [-0.3, -0.25) is 9.59 Å². The Morgan fingerprint density at radius 2 is 2.05 bits per heavy atom. The number of hydrogen-bond donors (Lipinski definition) is 1. The number of nitrogens with one attached hydrogen (secondary N) is 1. The highest BCUT2D eigenvalue weighted by Crippen LogP contribution is 2.22. The van der Waals surface area contributed by atoms with Gasteiger partial charge in [-0.05, 0) is 33.1 Å². The van der Waals surface area contributed by atoms with Crippen LogP contribution in [-0.2, 0) is 14.3 Å². The van der Waals surface area contributed by atoms with Crippen LogP contribution in [0.1, 0.15) is 46.5 Å². The summed E-state index contributed by atoms with van der Waals surface area (Å²) in [5, 5.41) is 2.80. The molecule has 0 saturated carbocycles. The minimum Gasteiger partial charge on any atom is -0.373 e. The molecule has 2 fully saturated rings. The van der Waals surface area contributed by atoms with Gasteiger partial charge in [-0.15, -0.1) is 0 Å². The molecular weight excluding hydrogens is 244 g/mol. The molecule has 19 heavy (non-hydrogen) atoms. The molecule has 2 aliphatic rings. The third-order valence-corrected chi connectivity index (χ3v) is 4.06. The summed E-state index contributed by atoms with van der Waals surface area (Å²) < 4.78 is 5.80. The van der Waals surface area contributed by atoms with E-state index in [0.717, 1.165) is 12.8 Å². The van der Waals surface area contributed by atoms with Crippen LogP contribution in [0.25, 0.3) is 0 Å². The Labute approximate surface area is 114 Å². The molecule has 0 aromatic heterocycles. The van der Waals surface area contributed by atoms with Gasteiger partial charge in [0, 0.05) is 19.0 Å². The molecular formula is C14H24N2O3. The lowest BCUT2D eigenvalue weighted by atomic mass is 10.1. The van der Waals surface area contributed by atoms with Crippen LogP contribution < -0.4 is 5.32 Å². The summed E-state index contributed by atoms with van der Waals surface area (Å²) >= 11 is 0. The van der Waals surface area contributed by atoms with Gasteiger partial charge in [0.25, 0.3) is 0 Å². The number of nitrogens with zero attached hydrogens (tertiary/aromatic N) is 1. The quantitative estimate of drug-likeness (QED) is 0.833. The van der Waals surface area contributed by atoms with E-state index < -0.39 is 0 Å². The van der Waals surface area contributed by atoms with Crippen molar-refractivity contribution < 1.29 is 14.3 Å². The standard InChI is InChI=1S/C14H24N2O3/c1-4-12-14(18)16(9(2)7-13(17)15-12)8-11-6-5-10(3)19-11/h9-12H,4-8H2,1-3H3,(H,15,17). The van der Waals surface area contributed by atoms with E-state index in [1.54, 1.807) is 0 Å². The van der Waals surface area contributed by atoms with E-state index in [1.165, 1.54) is 0 Å². The number of carbonyl (C=O) groups excluding carboxylic acids is 2. The summed E-state index contributed by atoms with van der Waals surface area (Å²) in [6.45, 7) is 6.53. The van der Waals surface area contributed by atoms with Gasteiger partial charge in [0.1, 0.15) is 6.04 Å². The molecule has 5 heteroatoms. The summed E-state index contributed by atoms with van der Waals surface area (Å²) in [5.74, 6) is -0.0000820. The predicted molar refractivity (Wildman–Crippen MR) is 71.6 cm³/mol. The maximum absolute atomic E-state index is 12.5. The van der Waals surface area contributed by atoms with Crippen molar-refractivity contribution in [2.45, 2.75) is 70.7 Å². The molecule has 0 aliphatic carbocycles. The lowest BCUT2D eigenvalue weighted by Gasteiger charge is -2.30. The zero-order chi connectivity index (χ0) is 14.0. The highest BCUT2D eigenvalue weighted by molar-refractivity contribution is 5.90. The number of carbonyl (C=O) groups is 2. The fourth-order valence-corrected chi connectivity index (χ4v) is 2.90. The van der Waals surface area contributed by atoms with Gasteiger partial charge in [0.15, 0.2) is 0 Å². The van der Waals surface area contributed by atoms with E-state index in [0.29, 0.717) is 19.4 Å². The van der Waals surface area contributed by atoms with Gasteiger partial charge in [-0.1, -0.05) is 6.92 Å². The Morgan fingerprint density at radius 1 is 1.32 bits per heavy atom. The maximum Gasteiger partial charge on any atom is 0.245 e. The van der Waals surface area contributed by atoms with Gasteiger partial charge in [-0.2, -0.15) is 0 Å². The van der Waals surface area contributed by atoms with Crippen molar-refractivity contribution in [3.05, 3.63) is 0 Å². The summed E-state index contributed by atoms with van der Waals surface area (Å²) in [6, 6.07) is -0.431. The third kappa shape index (κ3) is 3.26. The molecule has 0 bridgehead atoms. The van der Waals surface area contributed by atoms with Crippen molar-refractivity contribution in [3.63, 3.8) is 0 Å². The molecule has 4 atom stereocenters. The first kappa shape index (κ1) is 14.3. The second-order valence-corrected chi connectivity index (χ2v) is 5.72. The highest BCUT2D eigenvalue weighted by atomic mass is 16.5. The molecule has 2 aliphatic heterocycles. The van der Waals surface area contributed by atoms with Crippen molar-refractivity contribution in [1.82, 2.24) is 10.2 Å². The van der Waals surface area contributed by atoms with E-state index >= 15 is 0 Å². The van der Waals surface area contributed by atoms with Gasteiger partial charge < -0.3 is 15.0 Å². The molecule has 2 rings (SSSR count). The first-order valence-corrected chi connectivity index (χ1v) is 7.26. The monoisotopic (exact) mass is 268 g/mol. The van der Waals surface area contributed by atoms with Crippen molar-refractivity contribution in [1.29, 1.82) is 0 Å². The molecule has 0 spiro atoms. The Balaban J connectivity index is 2.06. The normalized spacial score (nSPS) is 36.3. The van der Waals surface area contributed by atoms with E-state index in [-0.39, 0.29) is 36.1 Å². The molecule has 108 valence electrons. The fraction of sp³-hybridized carbons (Fsp3) is 0.857. The van der Waals surface area contributed by atoms with Crippen molar-refractivity contribution in [2.24, 2.45) is 0 Å². The first-order chi connectivity index (χ1) is 9.01. The summed E-state index contributed by atoms with van der Waals surface area (Å²) in [4.78, 5) is 26.0. The van der Waals surface area contributed by atoms with Crippen molar-refractivity contribution in [2.75, 3.05) is 6.54 Å². The SMILES string of the molecule is CCC1NC(=O)CC(C)N(CC2CCC(C)O2)C1=O. The Morgan fingerprint density at radius 3 is 2.63 bits per heavy atom. The van der Waals surface area contributed by atoms with Gasteiger partial charge >= 0.3 is 0 Å². The van der Waals surface area contributed by atoms with Gasteiger partial charge in [-0.25, -0.2) is 0 Å². The Kier molecular flexibility index (Phi) is 4.45. The minimum atomic E-state index is -0.378. The minimum absolute atomic E-state index is 0.0315. The second-order valence-electron chi connectivity index (χ2n) is 5.72. The Bertz CT molecular complexity index is 359. The van der Waals surface area contributed by atoms with Crippen LogP contribution in [0.15, 0.2) is 0 Å². The first-order valence-electron chi connectivity index (χ1n) is 7.26. The average Bonchev–Trinajstić information content (AvgIpc) is 2.73. The summed E-state index contributed by atoms with van der Waals surface area (Å²) in [7, 11) is 0. The van der Waals surface area contributed by atoms with Crippen LogP contribution in [0, 0.1) is 0 Å². The van der Waals surface area contributed by atoms with Crippen LogP contribution in [-0.4, -0.2) is 47.6 Å². The molecule has 2 heterocycles. The lowest BCUT2D eigenvalue weighted by molar-refractivity contribution is -0.136. The highest BCUT2D eigenvalue weighted by Gasteiger charge is 2.35. The number of hydrogen-bond acceptors (Lipinski definition) is 3. The van der Waals surface area contributed by atoms with E-state index in [1.807, 2.05) is 18.7 Å².